The van der Waals surface area contributed by atoms with Crippen molar-refractivity contribution in [1.29, 1.82) is 0 Å². The molecule has 0 bridgehead atoms. The maximum atomic E-state index is 4.54. The largest absolute Gasteiger partial charge is 0.245 e. The van der Waals surface area contributed by atoms with Gasteiger partial charge in [-0.1, -0.05) is 57.0 Å². The number of hydrogen-bond donors (Lipinski definition) is 1. The number of aryl methyl sites for hydroxylation is 2. The van der Waals surface area contributed by atoms with E-state index in [0.29, 0.717) is 5.95 Å². The van der Waals surface area contributed by atoms with Gasteiger partial charge < -0.3 is 0 Å². The van der Waals surface area contributed by atoms with Gasteiger partial charge in [0.15, 0.2) is 0 Å². The number of aromatic nitrogens is 2. The Labute approximate surface area is 132 Å². The van der Waals surface area contributed by atoms with E-state index in [2.05, 4.69) is 40.4 Å². The highest BCUT2D eigenvalue weighted by Crippen LogP contribution is 2.10. The second kappa shape index (κ2) is 8.27. The smallest absolute Gasteiger partial charge is 0.243 e. The van der Waals surface area contributed by atoms with Crippen LogP contribution < -0.4 is 5.43 Å². The zero-order valence-electron chi connectivity index (χ0n) is 13.6. The van der Waals surface area contributed by atoms with Crippen LogP contribution in [0.3, 0.4) is 0 Å². The summed E-state index contributed by atoms with van der Waals surface area (Å²) < 4.78 is 0. The van der Waals surface area contributed by atoms with Crippen molar-refractivity contribution < 1.29 is 0 Å². The summed E-state index contributed by atoms with van der Waals surface area (Å²) in [6.07, 6.45) is 4.09. The first-order chi connectivity index (χ1) is 10.7. The minimum atomic E-state index is 0.588. The molecule has 0 saturated heterocycles. The molecule has 0 fully saturated rings. The second-order valence-electron chi connectivity index (χ2n) is 5.35. The van der Waals surface area contributed by atoms with E-state index in [-0.39, 0.29) is 0 Å². The summed E-state index contributed by atoms with van der Waals surface area (Å²) in [6.45, 7) is 6.30. The molecular formula is C18H24N4. The summed E-state index contributed by atoms with van der Waals surface area (Å²) in [5, 5.41) is 4.41. The molecule has 0 unspecified atom stereocenters. The van der Waals surface area contributed by atoms with E-state index in [4.69, 9.17) is 0 Å². The lowest BCUT2D eigenvalue weighted by Crippen LogP contribution is -2.06. The molecule has 1 aromatic heterocycles. The number of rotatable bonds is 7. The van der Waals surface area contributed by atoms with Crippen molar-refractivity contribution >= 4 is 11.7 Å². The second-order valence-corrected chi connectivity index (χ2v) is 5.35. The lowest BCUT2D eigenvalue weighted by Gasteiger charge is -2.07. The Morgan fingerprint density at radius 2 is 1.59 bits per heavy atom. The first-order valence-electron chi connectivity index (χ1n) is 7.95. The molecule has 0 aliphatic heterocycles. The Kier molecular flexibility index (Phi) is 6.07. The first-order valence-corrected chi connectivity index (χ1v) is 7.95. The van der Waals surface area contributed by atoms with Crippen molar-refractivity contribution in [2.24, 2.45) is 5.10 Å². The quantitative estimate of drug-likeness (QED) is 0.615. The van der Waals surface area contributed by atoms with Gasteiger partial charge in [0.05, 0.1) is 5.71 Å². The highest BCUT2D eigenvalue weighted by molar-refractivity contribution is 5.98. The number of nitrogens with one attached hydrogen (secondary N) is 1. The summed E-state index contributed by atoms with van der Waals surface area (Å²) in [5.74, 6) is 0.588. The van der Waals surface area contributed by atoms with Crippen molar-refractivity contribution in [2.45, 2.75) is 46.5 Å². The van der Waals surface area contributed by atoms with Crippen LogP contribution in [0.15, 0.2) is 41.5 Å². The van der Waals surface area contributed by atoms with Crippen LogP contribution in [0, 0.1) is 0 Å². The predicted molar refractivity (Wildman–Crippen MR) is 92.3 cm³/mol. The fourth-order valence-electron chi connectivity index (χ4n) is 2.25. The van der Waals surface area contributed by atoms with E-state index in [0.717, 1.165) is 48.3 Å². The van der Waals surface area contributed by atoms with Crippen molar-refractivity contribution in [2.75, 3.05) is 5.43 Å². The van der Waals surface area contributed by atoms with E-state index >= 15 is 0 Å². The van der Waals surface area contributed by atoms with Crippen LogP contribution in [0.4, 0.5) is 5.95 Å². The highest BCUT2D eigenvalue weighted by atomic mass is 15.4. The number of hydrogen-bond acceptors (Lipinski definition) is 4. The summed E-state index contributed by atoms with van der Waals surface area (Å²) >= 11 is 0. The minimum absolute atomic E-state index is 0.588. The van der Waals surface area contributed by atoms with E-state index in [1.807, 2.05) is 37.3 Å². The molecule has 0 saturated carbocycles. The Morgan fingerprint density at radius 1 is 1.00 bits per heavy atom. The van der Waals surface area contributed by atoms with Crippen LogP contribution in [0.25, 0.3) is 0 Å². The molecule has 0 aliphatic carbocycles. The molecule has 0 spiro atoms. The van der Waals surface area contributed by atoms with Crippen LogP contribution in [0.5, 0.6) is 0 Å². The first kappa shape index (κ1) is 16.1. The van der Waals surface area contributed by atoms with Gasteiger partial charge in [0, 0.05) is 11.4 Å². The van der Waals surface area contributed by atoms with Crippen LogP contribution in [-0.4, -0.2) is 15.7 Å². The van der Waals surface area contributed by atoms with Gasteiger partial charge in [-0.15, -0.1) is 0 Å². The SMILES string of the molecule is CCCc1cc(CCC)nc(NN=C(C)c2ccccc2)n1. The van der Waals surface area contributed by atoms with Crippen molar-refractivity contribution in [1.82, 2.24) is 9.97 Å². The van der Waals surface area contributed by atoms with Crippen molar-refractivity contribution in [3.63, 3.8) is 0 Å². The number of benzene rings is 1. The van der Waals surface area contributed by atoms with Gasteiger partial charge in [-0.05, 0) is 31.4 Å². The minimum Gasteiger partial charge on any atom is -0.245 e. The Bertz CT molecular complexity index is 596. The summed E-state index contributed by atoms with van der Waals surface area (Å²) in [5.41, 5.74) is 7.18. The maximum absolute atomic E-state index is 4.54. The molecule has 4 heteroatoms. The highest BCUT2D eigenvalue weighted by Gasteiger charge is 2.04. The third-order valence-electron chi connectivity index (χ3n) is 3.36. The molecule has 0 radical (unpaired) electrons. The van der Waals surface area contributed by atoms with Crippen LogP contribution in [0.1, 0.15) is 50.6 Å². The van der Waals surface area contributed by atoms with E-state index in [9.17, 15) is 0 Å². The van der Waals surface area contributed by atoms with Crippen LogP contribution in [-0.2, 0) is 12.8 Å². The standard InChI is InChI=1S/C18H24N4/c1-4-9-16-13-17(10-5-2)20-18(19-16)22-21-14(3)15-11-7-6-8-12-15/h6-8,11-13H,4-5,9-10H2,1-3H3,(H,19,20,22). The number of nitrogens with zero attached hydrogens (tertiary/aromatic N) is 3. The normalized spacial score (nSPS) is 11.5. The molecule has 2 rings (SSSR count). The Balaban J connectivity index is 2.17. The van der Waals surface area contributed by atoms with Gasteiger partial charge >= 0.3 is 0 Å². The zero-order valence-corrected chi connectivity index (χ0v) is 13.6. The van der Waals surface area contributed by atoms with Gasteiger partial charge in [0.25, 0.3) is 0 Å². The van der Waals surface area contributed by atoms with E-state index in [1.54, 1.807) is 0 Å². The van der Waals surface area contributed by atoms with Crippen molar-refractivity contribution in [3.8, 4) is 0 Å². The zero-order chi connectivity index (χ0) is 15.8. The monoisotopic (exact) mass is 296 g/mol. The summed E-state index contributed by atoms with van der Waals surface area (Å²) in [7, 11) is 0. The maximum Gasteiger partial charge on any atom is 0.243 e. The molecule has 116 valence electrons. The molecule has 0 amide bonds. The number of hydrazone groups is 1. The predicted octanol–water partition coefficient (Wildman–Crippen LogP) is 4.22. The van der Waals surface area contributed by atoms with Gasteiger partial charge in [-0.2, -0.15) is 5.10 Å². The molecule has 2 aromatic rings. The molecule has 0 atom stereocenters. The Hall–Kier alpha value is -2.23. The molecule has 1 heterocycles. The molecule has 1 aromatic carbocycles. The summed E-state index contributed by atoms with van der Waals surface area (Å²) in [6, 6.07) is 12.2. The molecular weight excluding hydrogens is 272 g/mol. The summed E-state index contributed by atoms with van der Waals surface area (Å²) in [4.78, 5) is 9.08. The van der Waals surface area contributed by atoms with Crippen molar-refractivity contribution in [3.05, 3.63) is 53.3 Å². The van der Waals surface area contributed by atoms with Gasteiger partial charge in [-0.3, -0.25) is 0 Å². The Morgan fingerprint density at radius 3 is 2.14 bits per heavy atom. The molecule has 22 heavy (non-hydrogen) atoms. The van der Waals surface area contributed by atoms with Gasteiger partial charge in [0.2, 0.25) is 5.95 Å². The third kappa shape index (κ3) is 4.65. The van der Waals surface area contributed by atoms with E-state index < -0.39 is 0 Å². The average Bonchev–Trinajstić information content (AvgIpc) is 2.54. The van der Waals surface area contributed by atoms with Gasteiger partial charge in [-0.25, -0.2) is 15.4 Å². The molecule has 4 nitrogen and oxygen atoms in total. The van der Waals surface area contributed by atoms with Gasteiger partial charge in [0.1, 0.15) is 0 Å². The molecule has 0 aliphatic rings. The van der Waals surface area contributed by atoms with E-state index in [1.165, 1.54) is 0 Å². The topological polar surface area (TPSA) is 50.2 Å². The fraction of sp³-hybridized carbons (Fsp3) is 0.389. The lowest BCUT2D eigenvalue weighted by atomic mass is 10.1. The third-order valence-corrected chi connectivity index (χ3v) is 3.36. The number of anilines is 1. The average molecular weight is 296 g/mol. The molecule has 1 N–H and O–H groups in total. The fourth-order valence-corrected chi connectivity index (χ4v) is 2.25. The van der Waals surface area contributed by atoms with Crippen LogP contribution in [0.2, 0.25) is 0 Å². The van der Waals surface area contributed by atoms with Crippen LogP contribution >= 0.6 is 0 Å². The lowest BCUT2D eigenvalue weighted by molar-refractivity contribution is 0.830.